The highest BCUT2D eigenvalue weighted by Crippen LogP contribution is 2.60. The van der Waals surface area contributed by atoms with E-state index in [-0.39, 0.29) is 17.6 Å². The van der Waals surface area contributed by atoms with Crippen LogP contribution in [0.25, 0.3) is 5.57 Å². The Labute approximate surface area is 170 Å². The number of benzene rings is 1. The Kier molecular flexibility index (Phi) is 4.39. The van der Waals surface area contributed by atoms with E-state index < -0.39 is 0 Å². The fourth-order valence-electron chi connectivity index (χ4n) is 5.78. The highest BCUT2D eigenvalue weighted by Gasteiger charge is 2.57. The van der Waals surface area contributed by atoms with Gasteiger partial charge in [-0.25, -0.2) is 0 Å². The maximum atomic E-state index is 13.3. The lowest BCUT2D eigenvalue weighted by molar-refractivity contribution is -0.118. The summed E-state index contributed by atoms with van der Waals surface area (Å²) >= 11 is 6.03. The molecule has 28 heavy (non-hydrogen) atoms. The number of hydrogen-bond acceptors (Lipinski definition) is 3. The minimum Gasteiger partial charge on any atom is -0.511 e. The molecule has 0 radical (unpaired) electrons. The van der Waals surface area contributed by atoms with Crippen LogP contribution in [0.1, 0.15) is 50.2 Å². The topological polar surface area (TPSA) is 46.5 Å². The highest BCUT2D eigenvalue weighted by molar-refractivity contribution is 6.29. The predicted octanol–water partition coefficient (Wildman–Crippen LogP) is 5.94. The Balaban J connectivity index is 1.51. The van der Waals surface area contributed by atoms with Crippen LogP contribution in [0.3, 0.4) is 0 Å². The van der Waals surface area contributed by atoms with Crippen LogP contribution in [0.4, 0.5) is 0 Å². The first-order chi connectivity index (χ1) is 13.6. The van der Waals surface area contributed by atoms with Gasteiger partial charge in [0.2, 0.25) is 0 Å². The summed E-state index contributed by atoms with van der Waals surface area (Å²) in [6.07, 6.45) is 9.50. The van der Waals surface area contributed by atoms with Crippen LogP contribution in [0.15, 0.2) is 46.9 Å². The van der Waals surface area contributed by atoms with Crippen LogP contribution in [-0.4, -0.2) is 10.9 Å². The van der Waals surface area contributed by atoms with Gasteiger partial charge in [-0.2, -0.15) is 0 Å². The van der Waals surface area contributed by atoms with Gasteiger partial charge < -0.3 is 9.84 Å². The molecule has 0 spiro atoms. The molecule has 1 N–H and O–H groups in total. The van der Waals surface area contributed by atoms with Crippen molar-refractivity contribution in [1.82, 2.24) is 0 Å². The third kappa shape index (κ3) is 2.75. The zero-order valence-corrected chi connectivity index (χ0v) is 16.8. The van der Waals surface area contributed by atoms with Crippen molar-refractivity contribution in [2.75, 3.05) is 0 Å². The van der Waals surface area contributed by atoms with Crippen LogP contribution in [-0.2, 0) is 11.2 Å². The normalized spacial score (nSPS) is 31.1. The summed E-state index contributed by atoms with van der Waals surface area (Å²) in [5.74, 6) is 3.03. The van der Waals surface area contributed by atoms with Gasteiger partial charge in [0, 0.05) is 23.3 Å². The van der Waals surface area contributed by atoms with Crippen molar-refractivity contribution in [2.45, 2.75) is 45.4 Å². The van der Waals surface area contributed by atoms with Gasteiger partial charge in [0.25, 0.3) is 0 Å². The van der Waals surface area contributed by atoms with E-state index in [9.17, 15) is 9.90 Å². The van der Waals surface area contributed by atoms with Crippen molar-refractivity contribution >= 4 is 23.0 Å². The van der Waals surface area contributed by atoms with Crippen molar-refractivity contribution in [3.8, 4) is 5.75 Å². The van der Waals surface area contributed by atoms with Gasteiger partial charge in [-0.05, 0) is 79.4 Å². The molecule has 4 heteroatoms. The SMILES string of the molecule is CCc1ccc(OC2=CC=C(Cl)CC2)cc1C1=C(O)[C@@H]2[C@@H]3CC[C@@H](C3)[C@@H]2C1=O. The largest absolute Gasteiger partial charge is 0.511 e. The van der Waals surface area contributed by atoms with E-state index in [0.717, 1.165) is 60.4 Å². The number of aryl methyl sites for hydroxylation is 1. The average molecular weight is 397 g/mol. The number of allylic oxidation sites excluding steroid dienone is 6. The Bertz CT molecular complexity index is 939. The van der Waals surface area contributed by atoms with E-state index in [1.807, 2.05) is 30.4 Å². The Morgan fingerprint density at radius 3 is 2.61 bits per heavy atom. The molecule has 0 saturated heterocycles. The Morgan fingerprint density at radius 1 is 1.14 bits per heavy atom. The molecule has 0 amide bonds. The third-order valence-electron chi connectivity index (χ3n) is 7.08. The van der Waals surface area contributed by atoms with Crippen molar-refractivity contribution in [3.63, 3.8) is 0 Å². The zero-order chi connectivity index (χ0) is 19.4. The number of aliphatic hydroxyl groups excluding tert-OH is 1. The van der Waals surface area contributed by atoms with Crippen molar-refractivity contribution in [3.05, 3.63) is 58.0 Å². The number of rotatable bonds is 4. The molecule has 146 valence electrons. The average Bonchev–Trinajstić information content (AvgIpc) is 3.37. The molecule has 0 heterocycles. The summed E-state index contributed by atoms with van der Waals surface area (Å²) < 4.78 is 6.06. The fraction of sp³-hybridized carbons (Fsp3) is 0.458. The van der Waals surface area contributed by atoms with Gasteiger partial charge in [0.05, 0.1) is 5.57 Å². The number of halogens is 1. The first kappa shape index (κ1) is 18.1. The molecule has 4 aliphatic rings. The van der Waals surface area contributed by atoms with E-state index in [1.54, 1.807) is 0 Å². The van der Waals surface area contributed by atoms with Gasteiger partial charge in [-0.1, -0.05) is 24.6 Å². The van der Waals surface area contributed by atoms with Crippen LogP contribution in [0, 0.1) is 23.7 Å². The maximum Gasteiger partial charge on any atom is 0.170 e. The van der Waals surface area contributed by atoms with Crippen molar-refractivity contribution in [1.29, 1.82) is 0 Å². The summed E-state index contributed by atoms with van der Waals surface area (Å²) in [5, 5.41) is 11.9. The van der Waals surface area contributed by atoms with Crippen LogP contribution in [0.5, 0.6) is 5.75 Å². The minimum absolute atomic E-state index is 0.00337. The summed E-state index contributed by atoms with van der Waals surface area (Å²) in [6.45, 7) is 2.08. The molecule has 1 aromatic rings. The Morgan fingerprint density at radius 2 is 1.93 bits per heavy atom. The van der Waals surface area contributed by atoms with Crippen LogP contribution < -0.4 is 4.74 Å². The summed E-state index contributed by atoms with van der Waals surface area (Å²) in [5.41, 5.74) is 2.48. The van der Waals surface area contributed by atoms with E-state index >= 15 is 0 Å². The number of aliphatic hydroxyl groups is 1. The Hall–Kier alpha value is -2.00. The van der Waals surface area contributed by atoms with E-state index in [2.05, 4.69) is 6.92 Å². The van der Waals surface area contributed by atoms with Gasteiger partial charge in [0.15, 0.2) is 5.78 Å². The molecule has 2 saturated carbocycles. The van der Waals surface area contributed by atoms with Gasteiger partial charge >= 0.3 is 0 Å². The summed E-state index contributed by atoms with van der Waals surface area (Å²) in [4.78, 5) is 13.3. The lowest BCUT2D eigenvalue weighted by Crippen LogP contribution is -2.24. The first-order valence-electron chi connectivity index (χ1n) is 10.4. The molecule has 4 aliphatic carbocycles. The molecule has 0 aromatic heterocycles. The number of carbonyl (C=O) groups excluding carboxylic acids is 1. The van der Waals surface area contributed by atoms with E-state index in [4.69, 9.17) is 16.3 Å². The molecule has 2 fully saturated rings. The number of ketones is 1. The minimum atomic E-state index is -0.00337. The van der Waals surface area contributed by atoms with E-state index in [0.29, 0.717) is 28.9 Å². The molecule has 1 aromatic carbocycles. The van der Waals surface area contributed by atoms with Gasteiger partial charge in [-0.3, -0.25) is 4.79 Å². The van der Waals surface area contributed by atoms with E-state index in [1.165, 1.54) is 0 Å². The standard InChI is InChI=1S/C24H25ClO3/c1-2-13-5-8-18(28-17-9-6-16(25)7-10-17)12-19(13)22-23(26)20-14-3-4-15(11-14)21(20)24(22)27/h5-6,8-9,12,14-15,20-21,26H,2-4,7,10-11H2,1H3/t14-,15+,20-,21+/m1/s1. The molecule has 3 nitrogen and oxygen atoms in total. The number of Topliss-reactive ketones (excluding diaryl/α,β-unsaturated/α-hetero) is 1. The van der Waals surface area contributed by atoms with Crippen LogP contribution in [0.2, 0.25) is 0 Å². The summed E-state index contributed by atoms with van der Waals surface area (Å²) in [7, 11) is 0. The second kappa shape index (κ2) is 6.81. The van der Waals surface area contributed by atoms with Gasteiger partial charge in [-0.15, -0.1) is 0 Å². The first-order valence-corrected chi connectivity index (χ1v) is 10.8. The molecular formula is C24H25ClO3. The smallest absolute Gasteiger partial charge is 0.170 e. The number of fused-ring (bicyclic) bond motifs is 5. The summed E-state index contributed by atoms with van der Waals surface area (Å²) in [6, 6.07) is 5.91. The zero-order valence-electron chi connectivity index (χ0n) is 16.1. The second-order valence-electron chi connectivity index (χ2n) is 8.53. The quantitative estimate of drug-likeness (QED) is 0.684. The monoisotopic (exact) mass is 396 g/mol. The fourth-order valence-corrected chi connectivity index (χ4v) is 5.94. The number of ether oxygens (including phenoxy) is 1. The molecule has 0 unspecified atom stereocenters. The molecule has 5 rings (SSSR count). The molecular weight excluding hydrogens is 372 g/mol. The molecule has 4 atom stereocenters. The molecule has 2 bridgehead atoms. The number of carbonyl (C=O) groups is 1. The lowest BCUT2D eigenvalue weighted by atomic mass is 9.80. The molecule has 0 aliphatic heterocycles. The van der Waals surface area contributed by atoms with Crippen LogP contribution >= 0.6 is 11.6 Å². The third-order valence-corrected chi connectivity index (χ3v) is 7.39. The predicted molar refractivity (Wildman–Crippen MR) is 110 cm³/mol. The van der Waals surface area contributed by atoms with Crippen molar-refractivity contribution in [2.24, 2.45) is 23.7 Å². The highest BCUT2D eigenvalue weighted by atomic mass is 35.5. The maximum absolute atomic E-state index is 13.3. The number of hydrogen-bond donors (Lipinski definition) is 1. The second-order valence-corrected chi connectivity index (χ2v) is 9.02. The van der Waals surface area contributed by atoms with Gasteiger partial charge in [0.1, 0.15) is 17.3 Å². The lowest BCUT2D eigenvalue weighted by Gasteiger charge is -2.23. The van der Waals surface area contributed by atoms with Crippen molar-refractivity contribution < 1.29 is 14.6 Å².